The molecule has 0 aliphatic carbocycles. The average Bonchev–Trinajstić information content (AvgIpc) is 2.81. The van der Waals surface area contributed by atoms with Crippen molar-refractivity contribution in [3.8, 4) is 5.75 Å². The molecule has 1 aromatic heterocycles. The maximum atomic E-state index is 5.72. The fourth-order valence-electron chi connectivity index (χ4n) is 1.97. The lowest BCUT2D eigenvalue weighted by molar-refractivity contribution is 0.287. The molecular weight excluding hydrogens is 240 g/mol. The second-order valence-electron chi connectivity index (χ2n) is 4.62. The van der Waals surface area contributed by atoms with Gasteiger partial charge in [0.15, 0.2) is 0 Å². The number of hydrazine groups is 1. The van der Waals surface area contributed by atoms with Crippen molar-refractivity contribution in [2.75, 3.05) is 6.61 Å². The van der Waals surface area contributed by atoms with Crippen LogP contribution in [0.15, 0.2) is 36.7 Å². The monoisotopic (exact) mass is 260 g/mol. The predicted molar refractivity (Wildman–Crippen MR) is 74.6 cm³/mol. The van der Waals surface area contributed by atoms with Crippen LogP contribution in [-0.2, 0) is 7.05 Å². The third kappa shape index (κ3) is 3.81. The Kier molecular flexibility index (Phi) is 4.54. The van der Waals surface area contributed by atoms with E-state index in [2.05, 4.69) is 10.5 Å². The van der Waals surface area contributed by atoms with Crippen molar-refractivity contribution in [3.05, 3.63) is 47.8 Å². The molecule has 0 radical (unpaired) electrons. The summed E-state index contributed by atoms with van der Waals surface area (Å²) < 4.78 is 7.49. The second-order valence-corrected chi connectivity index (χ2v) is 4.62. The normalized spacial score (nSPS) is 12.4. The highest BCUT2D eigenvalue weighted by Crippen LogP contribution is 2.17. The van der Waals surface area contributed by atoms with Crippen molar-refractivity contribution in [2.24, 2.45) is 12.9 Å². The Labute approximate surface area is 113 Å². The molecule has 102 valence electrons. The molecule has 5 nitrogen and oxygen atoms in total. The molecule has 0 amide bonds. The van der Waals surface area contributed by atoms with Crippen LogP contribution < -0.4 is 16.0 Å². The molecular formula is C14H20N4O. The van der Waals surface area contributed by atoms with Gasteiger partial charge in [0.1, 0.15) is 5.75 Å². The summed E-state index contributed by atoms with van der Waals surface area (Å²) in [5.41, 5.74) is 5.06. The Morgan fingerprint density at radius 2 is 2.32 bits per heavy atom. The van der Waals surface area contributed by atoms with E-state index < -0.39 is 0 Å². The first-order valence-electron chi connectivity index (χ1n) is 6.33. The predicted octanol–water partition coefficient (Wildman–Crippen LogP) is 1.70. The van der Waals surface area contributed by atoms with E-state index in [1.807, 2.05) is 50.6 Å². The fourth-order valence-corrected chi connectivity index (χ4v) is 1.97. The lowest BCUT2D eigenvalue weighted by Crippen LogP contribution is -2.29. The van der Waals surface area contributed by atoms with Crippen molar-refractivity contribution in [2.45, 2.75) is 19.4 Å². The first-order chi connectivity index (χ1) is 9.19. The number of aromatic nitrogens is 2. The third-order valence-electron chi connectivity index (χ3n) is 2.99. The number of benzene rings is 1. The van der Waals surface area contributed by atoms with Crippen molar-refractivity contribution < 1.29 is 4.74 Å². The molecule has 1 heterocycles. The highest BCUT2D eigenvalue weighted by atomic mass is 16.5. The molecule has 2 aromatic rings. The maximum Gasteiger partial charge on any atom is 0.119 e. The topological polar surface area (TPSA) is 65.1 Å². The largest absolute Gasteiger partial charge is 0.494 e. The Bertz CT molecular complexity index is 524. The van der Waals surface area contributed by atoms with E-state index in [1.54, 1.807) is 4.68 Å². The lowest BCUT2D eigenvalue weighted by atomic mass is 10.1. The molecule has 5 heteroatoms. The molecule has 0 spiro atoms. The summed E-state index contributed by atoms with van der Waals surface area (Å²) in [7, 11) is 1.89. The molecule has 1 unspecified atom stereocenters. The summed E-state index contributed by atoms with van der Waals surface area (Å²) in [6.07, 6.45) is 4.56. The van der Waals surface area contributed by atoms with Crippen LogP contribution in [0.1, 0.15) is 23.6 Å². The van der Waals surface area contributed by atoms with Crippen LogP contribution in [-0.4, -0.2) is 16.4 Å². The van der Waals surface area contributed by atoms with Crippen LogP contribution in [0.4, 0.5) is 0 Å². The van der Waals surface area contributed by atoms with Crippen molar-refractivity contribution in [1.29, 1.82) is 0 Å². The quantitative estimate of drug-likeness (QED) is 0.613. The van der Waals surface area contributed by atoms with Gasteiger partial charge in [0, 0.05) is 25.2 Å². The number of nitrogens with one attached hydrogen (secondary N) is 1. The second kappa shape index (κ2) is 6.36. The van der Waals surface area contributed by atoms with Gasteiger partial charge < -0.3 is 4.74 Å². The van der Waals surface area contributed by atoms with Crippen LogP contribution in [0.5, 0.6) is 5.75 Å². The first-order valence-corrected chi connectivity index (χ1v) is 6.33. The Morgan fingerprint density at radius 3 is 2.95 bits per heavy atom. The maximum absolute atomic E-state index is 5.72. The molecule has 0 aliphatic heterocycles. The highest BCUT2D eigenvalue weighted by molar-refractivity contribution is 5.27. The fraction of sp³-hybridized carbons (Fsp3) is 0.357. The summed E-state index contributed by atoms with van der Waals surface area (Å²) in [6.45, 7) is 2.65. The van der Waals surface area contributed by atoms with E-state index in [1.165, 1.54) is 5.56 Å². The van der Waals surface area contributed by atoms with Gasteiger partial charge >= 0.3 is 0 Å². The molecule has 0 fully saturated rings. The zero-order chi connectivity index (χ0) is 13.7. The van der Waals surface area contributed by atoms with E-state index in [9.17, 15) is 0 Å². The first kappa shape index (κ1) is 13.6. The van der Waals surface area contributed by atoms with E-state index in [0.717, 1.165) is 17.7 Å². The summed E-state index contributed by atoms with van der Waals surface area (Å²) in [5, 5.41) is 4.14. The third-order valence-corrected chi connectivity index (χ3v) is 2.99. The lowest BCUT2D eigenvalue weighted by Gasteiger charge is -2.14. The van der Waals surface area contributed by atoms with Crippen LogP contribution in [0.2, 0.25) is 0 Å². The molecule has 1 atom stereocenters. The summed E-state index contributed by atoms with van der Waals surface area (Å²) in [6, 6.07) is 8.08. The molecule has 2 rings (SSSR count). The van der Waals surface area contributed by atoms with Crippen molar-refractivity contribution >= 4 is 0 Å². The van der Waals surface area contributed by atoms with Gasteiger partial charge in [-0.2, -0.15) is 5.10 Å². The number of hydrogen-bond donors (Lipinski definition) is 2. The van der Waals surface area contributed by atoms with Gasteiger partial charge in [-0.15, -0.1) is 0 Å². The Hall–Kier alpha value is -1.85. The molecule has 0 saturated carbocycles. The van der Waals surface area contributed by atoms with E-state index in [4.69, 9.17) is 10.6 Å². The van der Waals surface area contributed by atoms with Gasteiger partial charge in [-0.05, 0) is 24.6 Å². The van der Waals surface area contributed by atoms with Crippen molar-refractivity contribution in [1.82, 2.24) is 15.2 Å². The Morgan fingerprint density at radius 1 is 1.47 bits per heavy atom. The van der Waals surface area contributed by atoms with Gasteiger partial charge in [-0.25, -0.2) is 0 Å². The number of nitrogens with two attached hydrogens (primary N) is 1. The van der Waals surface area contributed by atoms with Crippen LogP contribution in [0.25, 0.3) is 0 Å². The van der Waals surface area contributed by atoms with Crippen LogP contribution in [0.3, 0.4) is 0 Å². The number of hydrogen-bond acceptors (Lipinski definition) is 4. The summed E-state index contributed by atoms with van der Waals surface area (Å²) in [4.78, 5) is 0. The number of rotatable bonds is 6. The van der Waals surface area contributed by atoms with Crippen LogP contribution >= 0.6 is 0 Å². The van der Waals surface area contributed by atoms with E-state index >= 15 is 0 Å². The minimum atomic E-state index is 0.0542. The smallest absolute Gasteiger partial charge is 0.119 e. The average molecular weight is 260 g/mol. The highest BCUT2D eigenvalue weighted by Gasteiger charge is 2.11. The van der Waals surface area contributed by atoms with E-state index in [0.29, 0.717) is 6.61 Å². The number of nitrogens with zero attached hydrogens (tertiary/aromatic N) is 2. The minimum absolute atomic E-state index is 0.0542. The zero-order valence-electron chi connectivity index (χ0n) is 11.3. The Balaban J connectivity index is 1.87. The van der Waals surface area contributed by atoms with Crippen LogP contribution in [0, 0.1) is 6.92 Å². The number of ether oxygens (including phenoxy) is 1. The molecule has 0 saturated heterocycles. The molecule has 1 aromatic carbocycles. The molecule has 3 N–H and O–H groups in total. The van der Waals surface area contributed by atoms with Gasteiger partial charge in [-0.1, -0.05) is 12.1 Å². The molecule has 19 heavy (non-hydrogen) atoms. The van der Waals surface area contributed by atoms with Gasteiger partial charge in [-0.3, -0.25) is 16.0 Å². The van der Waals surface area contributed by atoms with E-state index in [-0.39, 0.29) is 6.04 Å². The standard InChI is InChI=1S/C14H20N4O/c1-11-4-3-5-13(8-11)19-7-6-14(17-15)12-9-16-18(2)10-12/h3-5,8-10,14,17H,6-7,15H2,1-2H3. The SMILES string of the molecule is Cc1cccc(OCCC(NN)c2cnn(C)c2)c1. The minimum Gasteiger partial charge on any atom is -0.494 e. The molecule has 0 bridgehead atoms. The van der Waals surface area contributed by atoms with Gasteiger partial charge in [0.05, 0.1) is 18.8 Å². The summed E-state index contributed by atoms with van der Waals surface area (Å²) >= 11 is 0. The summed E-state index contributed by atoms with van der Waals surface area (Å²) in [5.74, 6) is 6.47. The number of aryl methyl sites for hydroxylation is 2. The van der Waals surface area contributed by atoms with Gasteiger partial charge in [0.25, 0.3) is 0 Å². The molecule has 0 aliphatic rings. The van der Waals surface area contributed by atoms with Crippen molar-refractivity contribution in [3.63, 3.8) is 0 Å². The van der Waals surface area contributed by atoms with Gasteiger partial charge in [0.2, 0.25) is 0 Å². The zero-order valence-corrected chi connectivity index (χ0v) is 11.3.